The Hall–Kier alpha value is -3.50. The van der Waals surface area contributed by atoms with E-state index in [1.807, 2.05) is 0 Å². The van der Waals surface area contributed by atoms with Gasteiger partial charge in [-0.05, 0) is 23.8 Å². The van der Waals surface area contributed by atoms with Crippen LogP contribution in [0.5, 0.6) is 0 Å². The van der Waals surface area contributed by atoms with Crippen LogP contribution in [0.1, 0.15) is 15.9 Å². The van der Waals surface area contributed by atoms with Gasteiger partial charge in [0.15, 0.2) is 0 Å². The first-order chi connectivity index (χ1) is 12.7. The number of hydrogen-bond donors (Lipinski definition) is 2. The quantitative estimate of drug-likeness (QED) is 0.778. The zero-order chi connectivity index (χ0) is 19.7. The summed E-state index contributed by atoms with van der Waals surface area (Å²) in [4.78, 5) is 44.6. The summed E-state index contributed by atoms with van der Waals surface area (Å²) >= 11 is 0. The number of imide groups is 1. The van der Waals surface area contributed by atoms with Crippen molar-refractivity contribution in [2.24, 2.45) is 0 Å². The van der Waals surface area contributed by atoms with Crippen molar-refractivity contribution >= 4 is 17.8 Å². The number of nitrogens with one attached hydrogen (secondary N) is 2. The van der Waals surface area contributed by atoms with Crippen LogP contribution < -0.4 is 10.6 Å². The van der Waals surface area contributed by atoms with Crippen LogP contribution in [-0.2, 0) is 11.3 Å². The molecule has 27 heavy (non-hydrogen) atoms. The lowest BCUT2D eigenvalue weighted by molar-refractivity contribution is -0.200. The van der Waals surface area contributed by atoms with Gasteiger partial charge < -0.3 is 5.32 Å². The molecule has 1 fully saturated rings. The van der Waals surface area contributed by atoms with Gasteiger partial charge >= 0.3 is 12.2 Å². The van der Waals surface area contributed by atoms with E-state index in [1.54, 1.807) is 10.6 Å². The largest absolute Gasteiger partial charge is 0.440 e. The van der Waals surface area contributed by atoms with Gasteiger partial charge in [-0.25, -0.2) is 4.79 Å². The Morgan fingerprint density at radius 1 is 1.15 bits per heavy atom. The van der Waals surface area contributed by atoms with Gasteiger partial charge in [-0.1, -0.05) is 6.07 Å². The topological polar surface area (TPSA) is 104 Å². The van der Waals surface area contributed by atoms with Crippen LogP contribution in [0.25, 0.3) is 0 Å². The molecular weight excluding hydrogens is 367 g/mol. The van der Waals surface area contributed by atoms with Gasteiger partial charge in [0.25, 0.3) is 17.5 Å². The minimum absolute atomic E-state index is 0.151. The molecule has 3 heterocycles. The molecular formula is C16H12F3N5O3. The molecule has 0 bridgehead atoms. The molecule has 11 heteroatoms. The van der Waals surface area contributed by atoms with Crippen molar-refractivity contribution in [3.05, 3.63) is 60.2 Å². The molecule has 1 saturated heterocycles. The zero-order valence-electron chi connectivity index (χ0n) is 13.5. The monoisotopic (exact) mass is 379 g/mol. The van der Waals surface area contributed by atoms with Gasteiger partial charge in [0, 0.05) is 30.4 Å². The predicted octanol–water partition coefficient (Wildman–Crippen LogP) is 1.22. The van der Waals surface area contributed by atoms with Crippen molar-refractivity contribution in [1.82, 2.24) is 25.5 Å². The summed E-state index contributed by atoms with van der Waals surface area (Å²) in [6, 6.07) is 4.07. The van der Waals surface area contributed by atoms with Gasteiger partial charge in [0.2, 0.25) is 0 Å². The van der Waals surface area contributed by atoms with E-state index in [4.69, 9.17) is 0 Å². The van der Waals surface area contributed by atoms with Crippen LogP contribution >= 0.6 is 0 Å². The van der Waals surface area contributed by atoms with Crippen molar-refractivity contribution in [3.8, 4) is 0 Å². The highest BCUT2D eigenvalue weighted by atomic mass is 19.4. The molecule has 0 unspecified atom stereocenters. The number of nitrogens with zero attached hydrogens (tertiary/aromatic N) is 3. The Bertz CT molecular complexity index is 876. The maximum absolute atomic E-state index is 13.7. The third-order valence-corrected chi connectivity index (χ3v) is 3.84. The number of alkyl halides is 3. The lowest BCUT2D eigenvalue weighted by atomic mass is 10.1. The summed E-state index contributed by atoms with van der Waals surface area (Å²) in [7, 11) is 0. The first kappa shape index (κ1) is 18.3. The number of hydrogen-bond acceptors (Lipinski definition) is 5. The van der Waals surface area contributed by atoms with Gasteiger partial charge in [-0.2, -0.15) is 13.2 Å². The molecule has 2 aromatic rings. The second kappa shape index (κ2) is 6.67. The van der Waals surface area contributed by atoms with Crippen LogP contribution in [0.2, 0.25) is 0 Å². The zero-order valence-corrected chi connectivity index (χ0v) is 13.5. The van der Waals surface area contributed by atoms with E-state index in [-0.39, 0.29) is 5.56 Å². The summed E-state index contributed by atoms with van der Waals surface area (Å²) in [5, 5.41) is 3.19. The second-order valence-electron chi connectivity index (χ2n) is 5.62. The van der Waals surface area contributed by atoms with Crippen LogP contribution in [0.3, 0.4) is 0 Å². The molecule has 2 aromatic heterocycles. The number of rotatable bonds is 4. The molecule has 1 atom stereocenters. The number of halogens is 3. The second-order valence-corrected chi connectivity index (χ2v) is 5.62. The van der Waals surface area contributed by atoms with E-state index in [2.05, 4.69) is 9.97 Å². The number of pyridine rings is 2. The highest BCUT2D eigenvalue weighted by Crippen LogP contribution is 2.34. The van der Waals surface area contributed by atoms with E-state index in [1.165, 1.54) is 49.1 Å². The summed E-state index contributed by atoms with van der Waals surface area (Å²) in [5.41, 5.74) is -3.37. The van der Waals surface area contributed by atoms with E-state index in [0.717, 1.165) is 0 Å². The molecule has 0 aromatic carbocycles. The van der Waals surface area contributed by atoms with E-state index >= 15 is 0 Å². The van der Waals surface area contributed by atoms with Gasteiger partial charge in [-0.3, -0.25) is 29.8 Å². The Balaban J connectivity index is 1.92. The minimum Gasteiger partial charge on any atom is -0.314 e. The smallest absolute Gasteiger partial charge is 0.314 e. The average Bonchev–Trinajstić information content (AvgIpc) is 2.88. The fourth-order valence-corrected chi connectivity index (χ4v) is 2.49. The Kier molecular flexibility index (Phi) is 4.52. The van der Waals surface area contributed by atoms with Crippen molar-refractivity contribution in [3.63, 3.8) is 0 Å². The van der Waals surface area contributed by atoms with Gasteiger partial charge in [-0.15, -0.1) is 0 Å². The Morgan fingerprint density at radius 2 is 1.85 bits per heavy atom. The molecule has 4 amide bonds. The molecule has 3 rings (SSSR count). The normalized spacial score (nSPS) is 19.7. The highest BCUT2D eigenvalue weighted by molar-refractivity contribution is 6.10. The SMILES string of the molecule is O=C(N[C@]1(C(F)(F)F)NC(=O)N(Cc2cccnc2)C1=O)c1ccncc1. The van der Waals surface area contributed by atoms with Crippen LogP contribution in [0.4, 0.5) is 18.0 Å². The minimum atomic E-state index is -5.27. The molecule has 2 N–H and O–H groups in total. The third kappa shape index (κ3) is 3.30. The first-order valence-corrected chi connectivity index (χ1v) is 7.57. The third-order valence-electron chi connectivity index (χ3n) is 3.84. The number of aromatic nitrogens is 2. The number of urea groups is 1. The molecule has 0 aliphatic carbocycles. The summed E-state index contributed by atoms with van der Waals surface area (Å²) in [5.74, 6) is -2.82. The molecule has 0 spiro atoms. The fourth-order valence-electron chi connectivity index (χ4n) is 2.49. The molecule has 140 valence electrons. The molecule has 1 aliphatic rings. The molecule has 0 radical (unpaired) electrons. The van der Waals surface area contributed by atoms with E-state index in [0.29, 0.717) is 10.5 Å². The van der Waals surface area contributed by atoms with Crippen molar-refractivity contribution in [2.75, 3.05) is 0 Å². The fraction of sp³-hybridized carbons (Fsp3) is 0.188. The predicted molar refractivity (Wildman–Crippen MR) is 83.8 cm³/mol. The van der Waals surface area contributed by atoms with Crippen LogP contribution in [0, 0.1) is 0 Å². The Morgan fingerprint density at radius 3 is 2.44 bits per heavy atom. The molecule has 8 nitrogen and oxygen atoms in total. The van der Waals surface area contributed by atoms with Crippen LogP contribution in [-0.4, -0.2) is 44.6 Å². The first-order valence-electron chi connectivity index (χ1n) is 7.57. The molecule has 1 aliphatic heterocycles. The standard InChI is InChI=1S/C16H12F3N5O3/c17-16(18,19)15(22-12(25)11-3-6-20-7-4-11)13(26)24(14(27)23-15)9-10-2-1-5-21-8-10/h1-8H,9H2,(H,22,25)(H,23,27)/t15-/m0/s1. The van der Waals surface area contributed by atoms with E-state index < -0.39 is 36.2 Å². The lowest BCUT2D eigenvalue weighted by Gasteiger charge is -2.29. The number of carbonyl (C=O) groups excluding carboxylic acids is 3. The van der Waals surface area contributed by atoms with E-state index in [9.17, 15) is 27.6 Å². The van der Waals surface area contributed by atoms with Crippen LogP contribution in [0.15, 0.2) is 49.1 Å². The molecule has 0 saturated carbocycles. The van der Waals surface area contributed by atoms with Gasteiger partial charge in [0.1, 0.15) is 0 Å². The average molecular weight is 379 g/mol. The maximum atomic E-state index is 13.7. The maximum Gasteiger partial charge on any atom is 0.440 e. The van der Waals surface area contributed by atoms with Crippen molar-refractivity contribution < 1.29 is 27.6 Å². The summed E-state index contributed by atoms with van der Waals surface area (Å²) < 4.78 is 41.2. The van der Waals surface area contributed by atoms with Crippen molar-refractivity contribution in [2.45, 2.75) is 18.4 Å². The number of amides is 4. The number of carbonyl (C=O) groups is 3. The summed E-state index contributed by atoms with van der Waals surface area (Å²) in [6.45, 7) is -0.429. The summed E-state index contributed by atoms with van der Waals surface area (Å²) in [6.07, 6.45) is -0.113. The Labute approximate surface area is 150 Å². The van der Waals surface area contributed by atoms with Gasteiger partial charge in [0.05, 0.1) is 6.54 Å². The highest BCUT2D eigenvalue weighted by Gasteiger charge is 2.68. The van der Waals surface area contributed by atoms with Crippen molar-refractivity contribution in [1.29, 1.82) is 0 Å². The lowest BCUT2D eigenvalue weighted by Crippen LogP contribution is -2.69.